The third kappa shape index (κ3) is 2.65. The molecule has 0 fully saturated rings. The van der Waals surface area contributed by atoms with E-state index in [1.165, 1.54) is 17.7 Å². The zero-order valence-corrected chi connectivity index (χ0v) is 12.1. The van der Waals surface area contributed by atoms with Crippen molar-refractivity contribution in [2.24, 2.45) is 0 Å². The fraction of sp³-hybridized carbons (Fsp3) is 0.357. The predicted octanol–water partition coefficient (Wildman–Crippen LogP) is 2.56. The SMILES string of the molecule is Cc1cc(C(=O)Nc2nc3c(s2)CCCC3)cc(N)n1. The molecule has 0 bridgehead atoms. The van der Waals surface area contributed by atoms with Gasteiger partial charge in [0.25, 0.3) is 5.91 Å². The van der Waals surface area contributed by atoms with Gasteiger partial charge in [-0.3, -0.25) is 10.1 Å². The van der Waals surface area contributed by atoms with Crippen LogP contribution in [-0.4, -0.2) is 15.9 Å². The van der Waals surface area contributed by atoms with Gasteiger partial charge in [-0.15, -0.1) is 11.3 Å². The predicted molar refractivity (Wildman–Crippen MR) is 80.1 cm³/mol. The van der Waals surface area contributed by atoms with Crippen molar-refractivity contribution in [2.45, 2.75) is 32.6 Å². The molecule has 1 amide bonds. The molecule has 20 heavy (non-hydrogen) atoms. The summed E-state index contributed by atoms with van der Waals surface area (Å²) in [5.74, 6) is 0.168. The van der Waals surface area contributed by atoms with Gasteiger partial charge in [0.2, 0.25) is 0 Å². The first-order valence-corrected chi connectivity index (χ1v) is 7.47. The van der Waals surface area contributed by atoms with Crippen LogP contribution in [0.3, 0.4) is 0 Å². The normalized spacial score (nSPS) is 13.8. The Kier molecular flexibility index (Phi) is 3.40. The number of thiazole rings is 1. The summed E-state index contributed by atoms with van der Waals surface area (Å²) in [5, 5.41) is 3.53. The van der Waals surface area contributed by atoms with Crippen LogP contribution >= 0.6 is 11.3 Å². The van der Waals surface area contributed by atoms with Crippen LogP contribution in [0.4, 0.5) is 10.9 Å². The number of aryl methyl sites for hydroxylation is 3. The van der Waals surface area contributed by atoms with Crippen molar-refractivity contribution in [3.05, 3.63) is 34.0 Å². The largest absolute Gasteiger partial charge is 0.384 e. The average Bonchev–Trinajstić information content (AvgIpc) is 2.79. The standard InChI is InChI=1S/C14H16N4OS/c1-8-6-9(7-12(15)16-8)13(19)18-14-17-10-4-2-3-5-11(10)20-14/h6-7H,2-5H2,1H3,(H2,15,16)(H,17,18,19). The van der Waals surface area contributed by atoms with E-state index in [9.17, 15) is 4.79 Å². The van der Waals surface area contributed by atoms with Gasteiger partial charge in [0, 0.05) is 16.1 Å². The van der Waals surface area contributed by atoms with Gasteiger partial charge in [0.15, 0.2) is 5.13 Å². The molecule has 5 nitrogen and oxygen atoms in total. The first-order chi connectivity index (χ1) is 9.61. The Morgan fingerprint density at radius 2 is 2.10 bits per heavy atom. The zero-order valence-electron chi connectivity index (χ0n) is 11.3. The van der Waals surface area contributed by atoms with Crippen molar-refractivity contribution in [2.75, 3.05) is 11.1 Å². The van der Waals surface area contributed by atoms with Gasteiger partial charge in [0.1, 0.15) is 5.82 Å². The average molecular weight is 288 g/mol. The molecule has 2 aromatic heterocycles. The number of nitrogens with two attached hydrogens (primary N) is 1. The number of hydrogen-bond acceptors (Lipinski definition) is 5. The van der Waals surface area contributed by atoms with E-state index >= 15 is 0 Å². The molecule has 1 aliphatic carbocycles. The van der Waals surface area contributed by atoms with Crippen molar-refractivity contribution in [1.29, 1.82) is 0 Å². The van der Waals surface area contributed by atoms with Crippen molar-refractivity contribution in [3.8, 4) is 0 Å². The molecule has 0 saturated carbocycles. The molecule has 3 rings (SSSR count). The lowest BCUT2D eigenvalue weighted by Crippen LogP contribution is -2.13. The highest BCUT2D eigenvalue weighted by Crippen LogP contribution is 2.29. The van der Waals surface area contributed by atoms with Crippen molar-refractivity contribution >= 4 is 28.2 Å². The first-order valence-electron chi connectivity index (χ1n) is 6.66. The molecule has 0 unspecified atom stereocenters. The molecule has 1 aliphatic rings. The lowest BCUT2D eigenvalue weighted by molar-refractivity contribution is 0.102. The Morgan fingerprint density at radius 1 is 1.30 bits per heavy atom. The quantitative estimate of drug-likeness (QED) is 0.890. The highest BCUT2D eigenvalue weighted by atomic mass is 32.1. The number of carbonyl (C=O) groups is 1. The van der Waals surface area contributed by atoms with Crippen LogP contribution < -0.4 is 11.1 Å². The Morgan fingerprint density at radius 3 is 2.85 bits per heavy atom. The molecule has 0 aliphatic heterocycles. The van der Waals surface area contributed by atoms with Crippen LogP contribution in [-0.2, 0) is 12.8 Å². The van der Waals surface area contributed by atoms with E-state index in [0.717, 1.165) is 24.2 Å². The van der Waals surface area contributed by atoms with Crippen LogP contribution in [0, 0.1) is 6.92 Å². The summed E-state index contributed by atoms with van der Waals surface area (Å²) in [6.45, 7) is 1.81. The minimum absolute atomic E-state index is 0.187. The number of nitrogen functional groups attached to an aromatic ring is 1. The zero-order chi connectivity index (χ0) is 14.1. The summed E-state index contributed by atoms with van der Waals surface area (Å²) >= 11 is 1.58. The molecule has 104 valence electrons. The fourth-order valence-electron chi connectivity index (χ4n) is 2.40. The van der Waals surface area contributed by atoms with Gasteiger partial charge in [0.05, 0.1) is 5.69 Å². The molecule has 2 heterocycles. The lowest BCUT2D eigenvalue weighted by Gasteiger charge is -2.06. The number of nitrogens with one attached hydrogen (secondary N) is 1. The molecule has 0 saturated heterocycles. The van der Waals surface area contributed by atoms with Crippen LogP contribution in [0.25, 0.3) is 0 Å². The number of nitrogens with zero attached hydrogens (tertiary/aromatic N) is 2. The Hall–Kier alpha value is -1.95. The number of pyridine rings is 1. The third-order valence-corrected chi connectivity index (χ3v) is 4.37. The maximum absolute atomic E-state index is 12.2. The summed E-state index contributed by atoms with van der Waals surface area (Å²) in [6.07, 6.45) is 4.49. The Balaban J connectivity index is 1.80. The fourth-order valence-corrected chi connectivity index (χ4v) is 3.44. The van der Waals surface area contributed by atoms with E-state index in [2.05, 4.69) is 15.3 Å². The maximum atomic E-state index is 12.2. The van der Waals surface area contributed by atoms with Crippen LogP contribution in [0.15, 0.2) is 12.1 Å². The monoisotopic (exact) mass is 288 g/mol. The Labute approximate surface area is 121 Å². The van der Waals surface area contributed by atoms with E-state index in [1.54, 1.807) is 23.5 Å². The number of anilines is 2. The van der Waals surface area contributed by atoms with E-state index in [1.807, 2.05) is 6.92 Å². The molecule has 0 aromatic carbocycles. The summed E-state index contributed by atoms with van der Waals surface area (Å²) in [4.78, 5) is 22.1. The summed E-state index contributed by atoms with van der Waals surface area (Å²) in [6, 6.07) is 3.30. The second-order valence-electron chi connectivity index (χ2n) is 4.97. The number of fused-ring (bicyclic) bond motifs is 1. The van der Waals surface area contributed by atoms with E-state index in [0.29, 0.717) is 16.5 Å². The van der Waals surface area contributed by atoms with Crippen LogP contribution in [0.1, 0.15) is 39.5 Å². The Bertz CT molecular complexity index is 621. The second-order valence-corrected chi connectivity index (χ2v) is 6.06. The molecule has 2 aromatic rings. The molecule has 6 heteroatoms. The van der Waals surface area contributed by atoms with Crippen LogP contribution in [0.5, 0.6) is 0 Å². The van der Waals surface area contributed by atoms with Gasteiger partial charge in [-0.05, 0) is 44.7 Å². The highest BCUT2D eigenvalue weighted by molar-refractivity contribution is 7.15. The summed E-state index contributed by atoms with van der Waals surface area (Å²) in [7, 11) is 0. The smallest absolute Gasteiger partial charge is 0.257 e. The summed E-state index contributed by atoms with van der Waals surface area (Å²) in [5.41, 5.74) is 8.05. The van der Waals surface area contributed by atoms with Gasteiger partial charge in [-0.2, -0.15) is 0 Å². The number of amides is 1. The van der Waals surface area contributed by atoms with Crippen molar-refractivity contribution < 1.29 is 4.79 Å². The van der Waals surface area contributed by atoms with Gasteiger partial charge < -0.3 is 5.73 Å². The van der Waals surface area contributed by atoms with Crippen molar-refractivity contribution in [1.82, 2.24) is 9.97 Å². The number of carbonyl (C=O) groups excluding carboxylic acids is 1. The molecule has 0 radical (unpaired) electrons. The number of aromatic nitrogens is 2. The van der Waals surface area contributed by atoms with Gasteiger partial charge in [-0.25, -0.2) is 9.97 Å². The van der Waals surface area contributed by atoms with Crippen LogP contribution in [0.2, 0.25) is 0 Å². The van der Waals surface area contributed by atoms with E-state index < -0.39 is 0 Å². The number of rotatable bonds is 2. The first kappa shape index (κ1) is 13.1. The molecular weight excluding hydrogens is 272 g/mol. The molecule has 0 spiro atoms. The summed E-state index contributed by atoms with van der Waals surface area (Å²) < 4.78 is 0. The minimum atomic E-state index is -0.187. The van der Waals surface area contributed by atoms with Gasteiger partial charge >= 0.3 is 0 Å². The maximum Gasteiger partial charge on any atom is 0.257 e. The van der Waals surface area contributed by atoms with E-state index in [-0.39, 0.29) is 5.91 Å². The van der Waals surface area contributed by atoms with E-state index in [4.69, 9.17) is 5.73 Å². The topological polar surface area (TPSA) is 80.9 Å². The molecule has 3 N–H and O–H groups in total. The minimum Gasteiger partial charge on any atom is -0.384 e. The third-order valence-electron chi connectivity index (χ3n) is 3.30. The second kappa shape index (κ2) is 5.20. The number of hydrogen-bond donors (Lipinski definition) is 2. The van der Waals surface area contributed by atoms with Gasteiger partial charge in [-0.1, -0.05) is 0 Å². The molecule has 0 atom stereocenters. The highest BCUT2D eigenvalue weighted by Gasteiger charge is 2.17. The lowest BCUT2D eigenvalue weighted by atomic mass is 10.0. The van der Waals surface area contributed by atoms with Crippen molar-refractivity contribution in [3.63, 3.8) is 0 Å². The molecular formula is C14H16N4OS.